The first kappa shape index (κ1) is 13.1. The lowest BCUT2D eigenvalue weighted by Gasteiger charge is -2.25. The predicted octanol–water partition coefficient (Wildman–Crippen LogP) is 2.86. The maximum absolute atomic E-state index is 3.45. The quantitative estimate of drug-likeness (QED) is 0.873. The number of nitrogens with zero attached hydrogens (tertiary/aromatic N) is 1. The van der Waals surface area contributed by atoms with Gasteiger partial charge in [0, 0.05) is 12.0 Å². The molecule has 1 aromatic rings. The lowest BCUT2D eigenvalue weighted by molar-refractivity contribution is 0.262. The van der Waals surface area contributed by atoms with Crippen LogP contribution in [0.25, 0.3) is 0 Å². The van der Waals surface area contributed by atoms with Crippen molar-refractivity contribution >= 4 is 0 Å². The predicted molar refractivity (Wildman–Crippen MR) is 80.4 cm³/mol. The molecule has 1 N–H and O–H groups in total. The Labute approximate surface area is 117 Å². The minimum atomic E-state index is 0.791. The van der Waals surface area contributed by atoms with Gasteiger partial charge in [-0.1, -0.05) is 30.3 Å². The van der Waals surface area contributed by atoms with Crippen molar-refractivity contribution in [3.8, 4) is 0 Å². The van der Waals surface area contributed by atoms with E-state index in [0.29, 0.717) is 0 Å². The van der Waals surface area contributed by atoms with Gasteiger partial charge < -0.3 is 10.2 Å². The Kier molecular flexibility index (Phi) is 4.19. The summed E-state index contributed by atoms with van der Waals surface area (Å²) in [4.78, 5) is 2.60. The molecule has 1 aromatic carbocycles. The summed E-state index contributed by atoms with van der Waals surface area (Å²) in [5.74, 6) is 1.75. The summed E-state index contributed by atoms with van der Waals surface area (Å²) < 4.78 is 0. The second-order valence-corrected chi connectivity index (χ2v) is 6.28. The third-order valence-corrected chi connectivity index (χ3v) is 4.90. The average molecular weight is 258 g/mol. The van der Waals surface area contributed by atoms with Crippen molar-refractivity contribution in [1.82, 2.24) is 10.2 Å². The van der Waals surface area contributed by atoms with Gasteiger partial charge in [0.2, 0.25) is 0 Å². The number of rotatable bonds is 5. The summed E-state index contributed by atoms with van der Waals surface area (Å²) in [7, 11) is 2.31. The third kappa shape index (κ3) is 3.37. The lowest BCUT2D eigenvalue weighted by atomic mass is 9.94. The fraction of sp³-hybridized carbons (Fsp3) is 0.647. The fourth-order valence-electron chi connectivity index (χ4n) is 3.45. The Hall–Kier alpha value is -0.860. The Morgan fingerprint density at radius 1 is 1.16 bits per heavy atom. The van der Waals surface area contributed by atoms with E-state index in [1.165, 1.54) is 50.9 Å². The highest BCUT2D eigenvalue weighted by Crippen LogP contribution is 2.44. The Morgan fingerprint density at radius 3 is 2.63 bits per heavy atom. The van der Waals surface area contributed by atoms with Crippen LogP contribution in [-0.4, -0.2) is 37.6 Å². The summed E-state index contributed by atoms with van der Waals surface area (Å²) >= 11 is 0. The second-order valence-electron chi connectivity index (χ2n) is 6.28. The minimum absolute atomic E-state index is 0.791. The topological polar surface area (TPSA) is 15.3 Å². The van der Waals surface area contributed by atoms with Crippen molar-refractivity contribution in [3.05, 3.63) is 35.9 Å². The van der Waals surface area contributed by atoms with Gasteiger partial charge in [0.15, 0.2) is 0 Å². The zero-order valence-corrected chi connectivity index (χ0v) is 12.0. The van der Waals surface area contributed by atoms with Crippen LogP contribution in [0.1, 0.15) is 37.2 Å². The molecule has 1 aliphatic carbocycles. The van der Waals surface area contributed by atoms with Crippen molar-refractivity contribution in [3.63, 3.8) is 0 Å². The van der Waals surface area contributed by atoms with Crippen molar-refractivity contribution in [2.24, 2.45) is 5.92 Å². The largest absolute Gasteiger partial charge is 0.317 e. The van der Waals surface area contributed by atoms with Crippen LogP contribution in [0.2, 0.25) is 0 Å². The van der Waals surface area contributed by atoms with Gasteiger partial charge in [-0.05, 0) is 63.8 Å². The van der Waals surface area contributed by atoms with Crippen LogP contribution in [0, 0.1) is 5.92 Å². The molecular formula is C17H26N2. The van der Waals surface area contributed by atoms with Crippen LogP contribution in [0.3, 0.4) is 0 Å². The standard InChI is InChI=1S/C17H26N2/c1-19(12-9-14-7-10-18-11-8-14)17-13-16(17)15-5-3-2-4-6-15/h2-6,14,16-18H,7-13H2,1H3. The summed E-state index contributed by atoms with van der Waals surface area (Å²) in [6.07, 6.45) is 5.49. The number of hydrogen-bond acceptors (Lipinski definition) is 2. The smallest absolute Gasteiger partial charge is 0.0168 e. The van der Waals surface area contributed by atoms with E-state index in [2.05, 4.69) is 47.6 Å². The lowest BCUT2D eigenvalue weighted by Crippen LogP contribution is -2.31. The molecule has 2 fully saturated rings. The highest BCUT2D eigenvalue weighted by molar-refractivity contribution is 5.27. The molecule has 0 bridgehead atoms. The molecule has 1 saturated heterocycles. The van der Waals surface area contributed by atoms with E-state index in [1.807, 2.05) is 0 Å². The molecular weight excluding hydrogens is 232 g/mol. The van der Waals surface area contributed by atoms with Gasteiger partial charge in [0.05, 0.1) is 0 Å². The molecule has 1 aliphatic heterocycles. The first-order valence-electron chi connectivity index (χ1n) is 7.80. The van der Waals surface area contributed by atoms with Gasteiger partial charge in [0.1, 0.15) is 0 Å². The highest BCUT2D eigenvalue weighted by Gasteiger charge is 2.40. The van der Waals surface area contributed by atoms with E-state index in [4.69, 9.17) is 0 Å². The molecule has 104 valence electrons. The Morgan fingerprint density at radius 2 is 1.89 bits per heavy atom. The zero-order chi connectivity index (χ0) is 13.1. The molecule has 2 atom stereocenters. The van der Waals surface area contributed by atoms with Crippen molar-refractivity contribution in [2.75, 3.05) is 26.7 Å². The zero-order valence-electron chi connectivity index (χ0n) is 12.0. The van der Waals surface area contributed by atoms with E-state index in [9.17, 15) is 0 Å². The molecule has 2 aliphatic rings. The number of benzene rings is 1. The monoisotopic (exact) mass is 258 g/mol. The molecule has 1 heterocycles. The summed E-state index contributed by atoms with van der Waals surface area (Å²) in [6.45, 7) is 3.73. The maximum atomic E-state index is 3.45. The van der Waals surface area contributed by atoms with E-state index < -0.39 is 0 Å². The van der Waals surface area contributed by atoms with Gasteiger partial charge in [0.25, 0.3) is 0 Å². The fourth-order valence-corrected chi connectivity index (χ4v) is 3.45. The molecule has 3 rings (SSSR count). The van der Waals surface area contributed by atoms with E-state index in [0.717, 1.165) is 17.9 Å². The first-order chi connectivity index (χ1) is 9.34. The molecule has 1 saturated carbocycles. The van der Waals surface area contributed by atoms with Crippen LogP contribution in [0.5, 0.6) is 0 Å². The molecule has 0 aromatic heterocycles. The number of piperidine rings is 1. The van der Waals surface area contributed by atoms with Gasteiger partial charge in [-0.2, -0.15) is 0 Å². The van der Waals surface area contributed by atoms with Crippen LogP contribution in [0.15, 0.2) is 30.3 Å². The van der Waals surface area contributed by atoms with Gasteiger partial charge in [-0.25, -0.2) is 0 Å². The number of hydrogen-bond donors (Lipinski definition) is 1. The van der Waals surface area contributed by atoms with Gasteiger partial charge in [-0.15, -0.1) is 0 Å². The molecule has 2 unspecified atom stereocenters. The SMILES string of the molecule is CN(CCC1CCNCC1)C1CC1c1ccccc1. The number of likely N-dealkylation sites (N-methyl/N-ethyl adjacent to an activating group) is 1. The van der Waals surface area contributed by atoms with Gasteiger partial charge >= 0.3 is 0 Å². The van der Waals surface area contributed by atoms with Crippen molar-refractivity contribution in [2.45, 2.75) is 37.6 Å². The second kappa shape index (κ2) is 6.06. The summed E-state index contributed by atoms with van der Waals surface area (Å²) in [5, 5.41) is 3.45. The maximum Gasteiger partial charge on any atom is 0.0168 e. The molecule has 0 spiro atoms. The minimum Gasteiger partial charge on any atom is -0.317 e. The van der Waals surface area contributed by atoms with Crippen molar-refractivity contribution < 1.29 is 0 Å². The van der Waals surface area contributed by atoms with Crippen LogP contribution in [-0.2, 0) is 0 Å². The molecule has 2 nitrogen and oxygen atoms in total. The van der Waals surface area contributed by atoms with Crippen LogP contribution < -0.4 is 5.32 Å². The Bertz CT molecular complexity index is 384. The molecule has 0 radical (unpaired) electrons. The third-order valence-electron chi connectivity index (χ3n) is 4.90. The first-order valence-corrected chi connectivity index (χ1v) is 7.80. The van der Waals surface area contributed by atoms with Crippen LogP contribution >= 0.6 is 0 Å². The summed E-state index contributed by atoms with van der Waals surface area (Å²) in [6, 6.07) is 11.8. The van der Waals surface area contributed by atoms with Crippen molar-refractivity contribution in [1.29, 1.82) is 0 Å². The average Bonchev–Trinajstić information content (AvgIpc) is 3.27. The molecule has 2 heteroatoms. The molecule has 0 amide bonds. The van der Waals surface area contributed by atoms with Gasteiger partial charge in [-0.3, -0.25) is 0 Å². The molecule has 19 heavy (non-hydrogen) atoms. The van der Waals surface area contributed by atoms with Crippen LogP contribution in [0.4, 0.5) is 0 Å². The summed E-state index contributed by atoms with van der Waals surface area (Å²) in [5.41, 5.74) is 1.53. The number of nitrogens with one attached hydrogen (secondary N) is 1. The normalized spacial score (nSPS) is 27.7. The van der Waals surface area contributed by atoms with E-state index >= 15 is 0 Å². The highest BCUT2D eigenvalue weighted by atomic mass is 15.2. The Balaban J connectivity index is 1.43. The van der Waals surface area contributed by atoms with E-state index in [-0.39, 0.29) is 0 Å². The van der Waals surface area contributed by atoms with E-state index in [1.54, 1.807) is 0 Å².